The average molecular weight is 387 g/mol. The van der Waals surface area contributed by atoms with Crippen molar-refractivity contribution in [3.8, 4) is 0 Å². The van der Waals surface area contributed by atoms with E-state index in [1.54, 1.807) is 6.08 Å². The number of allylic oxidation sites excluding steroid dienone is 3. The van der Waals surface area contributed by atoms with Gasteiger partial charge in [-0.05, 0) is 36.7 Å². The largest absolute Gasteiger partial charge is 0.386 e. The Hall–Kier alpha value is -1.92. The van der Waals surface area contributed by atoms with Gasteiger partial charge in [-0.1, -0.05) is 52.5 Å². The zero-order valence-electron chi connectivity index (χ0n) is 17.8. The van der Waals surface area contributed by atoms with Gasteiger partial charge in [0.2, 0.25) is 0 Å². The second-order valence-electron chi connectivity index (χ2n) is 8.58. The summed E-state index contributed by atoms with van der Waals surface area (Å²) in [6.07, 6.45) is 10.1. The van der Waals surface area contributed by atoms with Gasteiger partial charge in [-0.25, -0.2) is 4.99 Å². The van der Waals surface area contributed by atoms with Gasteiger partial charge in [0.1, 0.15) is 11.7 Å². The smallest absolute Gasteiger partial charge is 0.116 e. The molecule has 2 rings (SSSR count). The highest BCUT2D eigenvalue weighted by Crippen LogP contribution is 2.35. The van der Waals surface area contributed by atoms with E-state index in [4.69, 9.17) is 27.2 Å². The van der Waals surface area contributed by atoms with Crippen LogP contribution in [0, 0.1) is 23.7 Å². The minimum Gasteiger partial charge on any atom is -0.386 e. The van der Waals surface area contributed by atoms with Gasteiger partial charge in [0.05, 0.1) is 18.1 Å². The van der Waals surface area contributed by atoms with Gasteiger partial charge < -0.3 is 22.5 Å². The molecule has 0 aromatic rings. The predicted octanol–water partition coefficient (Wildman–Crippen LogP) is 2.33. The molecule has 5 atom stereocenters. The highest BCUT2D eigenvalue weighted by molar-refractivity contribution is 5.88. The summed E-state index contributed by atoms with van der Waals surface area (Å²) >= 11 is 0. The third-order valence-corrected chi connectivity index (χ3v) is 5.79. The number of nitrogens with zero attached hydrogens (tertiary/aromatic N) is 2. The summed E-state index contributed by atoms with van der Waals surface area (Å²) in [4.78, 5) is 9.79. The summed E-state index contributed by atoms with van der Waals surface area (Å²) in [6.45, 7) is 12.9. The maximum absolute atomic E-state index is 6.41. The molecule has 0 saturated carbocycles. The Morgan fingerprint density at radius 2 is 1.89 bits per heavy atom. The fourth-order valence-electron chi connectivity index (χ4n) is 3.77. The molecular formula is C22H38N6. The standard InChI is InChI=1S/C22H38N6/c1-6-9-17(27-21(25)19(23)13(2)3)16-12-26-22(20(24)14(4)5)28-18-11-8-7-10-15(16)18/h6-9,13-16,18-20H,1,10-12,23-24H2,2-5H3,(H2,25,27)(H,26,28)/b17-9+/t15?,16-,18-,19+,20+/m1/s1. The number of aliphatic imine (C=N–C) groups is 2. The van der Waals surface area contributed by atoms with E-state index in [0.717, 1.165) is 30.9 Å². The van der Waals surface area contributed by atoms with E-state index < -0.39 is 0 Å². The molecule has 0 spiro atoms. The molecule has 2 aliphatic rings. The van der Waals surface area contributed by atoms with Gasteiger partial charge >= 0.3 is 0 Å². The molecule has 0 fully saturated rings. The molecule has 156 valence electrons. The highest BCUT2D eigenvalue weighted by atomic mass is 15.1. The number of rotatable bonds is 7. The van der Waals surface area contributed by atoms with Crippen molar-refractivity contribution in [1.29, 1.82) is 0 Å². The molecule has 0 saturated heterocycles. The quantitative estimate of drug-likeness (QED) is 0.233. The second kappa shape index (κ2) is 10.0. The Bertz CT molecular complexity index is 658. The Morgan fingerprint density at radius 3 is 2.50 bits per heavy atom. The summed E-state index contributed by atoms with van der Waals surface area (Å²) < 4.78 is 0. The fourth-order valence-corrected chi connectivity index (χ4v) is 3.77. The Kier molecular flexibility index (Phi) is 8.01. The van der Waals surface area contributed by atoms with E-state index in [1.807, 2.05) is 19.9 Å². The molecule has 0 aromatic carbocycles. The van der Waals surface area contributed by atoms with E-state index in [9.17, 15) is 0 Å². The van der Waals surface area contributed by atoms with Crippen LogP contribution < -0.4 is 22.5 Å². The van der Waals surface area contributed by atoms with Crippen molar-refractivity contribution in [1.82, 2.24) is 5.32 Å². The molecule has 7 N–H and O–H groups in total. The van der Waals surface area contributed by atoms with Crippen molar-refractivity contribution < 1.29 is 0 Å². The molecule has 1 aliphatic carbocycles. The number of hydrogen-bond donors (Lipinski definition) is 4. The van der Waals surface area contributed by atoms with Crippen LogP contribution in [0.1, 0.15) is 40.5 Å². The summed E-state index contributed by atoms with van der Waals surface area (Å²) in [5.41, 5.74) is 19.8. The van der Waals surface area contributed by atoms with Crippen molar-refractivity contribution in [2.75, 3.05) is 6.54 Å². The van der Waals surface area contributed by atoms with Gasteiger partial charge in [-0.2, -0.15) is 0 Å². The molecule has 6 nitrogen and oxygen atoms in total. The summed E-state index contributed by atoms with van der Waals surface area (Å²) in [5, 5.41) is 3.51. The first kappa shape index (κ1) is 22.4. The maximum Gasteiger partial charge on any atom is 0.116 e. The van der Waals surface area contributed by atoms with Crippen LogP contribution in [0.15, 0.2) is 46.6 Å². The molecular weight excluding hydrogens is 348 g/mol. The first-order valence-corrected chi connectivity index (χ1v) is 10.4. The van der Waals surface area contributed by atoms with Crippen LogP contribution in [0.3, 0.4) is 0 Å². The Balaban J connectivity index is 2.37. The molecule has 1 unspecified atom stereocenters. The van der Waals surface area contributed by atoms with Crippen LogP contribution in [0.4, 0.5) is 0 Å². The van der Waals surface area contributed by atoms with Crippen LogP contribution >= 0.6 is 0 Å². The SMILES string of the molecule is C=C/C=C(/N=C(\N)[C@@H](N)C(C)C)[C@@H]1CNC([C@@H](N)C(C)C)=N[C@@H]2CC=CCC21. The maximum atomic E-state index is 6.41. The first-order chi connectivity index (χ1) is 13.3. The molecule has 1 heterocycles. The minimum absolute atomic E-state index is 0.0972. The molecule has 0 radical (unpaired) electrons. The van der Waals surface area contributed by atoms with E-state index in [1.165, 1.54) is 0 Å². The van der Waals surface area contributed by atoms with Crippen LogP contribution in [-0.4, -0.2) is 36.3 Å². The minimum atomic E-state index is -0.268. The van der Waals surface area contributed by atoms with E-state index in [-0.39, 0.29) is 30.0 Å². The van der Waals surface area contributed by atoms with Crippen molar-refractivity contribution in [3.05, 3.63) is 36.6 Å². The number of fused-ring (bicyclic) bond motifs is 1. The normalized spacial score (nSPS) is 28.3. The van der Waals surface area contributed by atoms with Gasteiger partial charge in [0.25, 0.3) is 0 Å². The summed E-state index contributed by atoms with van der Waals surface area (Å²) in [6, 6.07) is -0.177. The van der Waals surface area contributed by atoms with Gasteiger partial charge in [0.15, 0.2) is 0 Å². The molecule has 6 heteroatoms. The van der Waals surface area contributed by atoms with Crippen molar-refractivity contribution >= 4 is 11.7 Å². The Labute approximate surface area is 170 Å². The number of nitrogens with one attached hydrogen (secondary N) is 1. The van der Waals surface area contributed by atoms with Gasteiger partial charge in [-0.3, -0.25) is 4.99 Å². The van der Waals surface area contributed by atoms with Crippen molar-refractivity contribution in [2.24, 2.45) is 50.9 Å². The third kappa shape index (κ3) is 5.32. The topological polar surface area (TPSA) is 115 Å². The second-order valence-corrected chi connectivity index (χ2v) is 8.58. The molecule has 28 heavy (non-hydrogen) atoms. The van der Waals surface area contributed by atoms with Gasteiger partial charge in [0, 0.05) is 18.2 Å². The molecule has 1 aliphatic heterocycles. The average Bonchev–Trinajstić information content (AvgIpc) is 2.85. The lowest BCUT2D eigenvalue weighted by Crippen LogP contribution is -2.45. The lowest BCUT2D eigenvalue weighted by Gasteiger charge is -2.31. The number of hydrogen-bond acceptors (Lipinski definition) is 5. The zero-order chi connectivity index (χ0) is 20.8. The predicted molar refractivity (Wildman–Crippen MR) is 120 cm³/mol. The van der Waals surface area contributed by atoms with E-state index in [0.29, 0.717) is 17.7 Å². The Morgan fingerprint density at radius 1 is 1.21 bits per heavy atom. The van der Waals surface area contributed by atoms with E-state index in [2.05, 4.69) is 37.9 Å². The van der Waals surface area contributed by atoms with Crippen molar-refractivity contribution in [2.45, 2.75) is 58.7 Å². The van der Waals surface area contributed by atoms with Crippen LogP contribution in [0.25, 0.3) is 0 Å². The van der Waals surface area contributed by atoms with Crippen molar-refractivity contribution in [3.63, 3.8) is 0 Å². The zero-order valence-corrected chi connectivity index (χ0v) is 17.8. The lowest BCUT2D eigenvalue weighted by atomic mass is 9.78. The van der Waals surface area contributed by atoms with E-state index >= 15 is 0 Å². The molecule has 0 amide bonds. The summed E-state index contributed by atoms with van der Waals surface area (Å²) in [7, 11) is 0. The van der Waals surface area contributed by atoms with Crippen LogP contribution in [-0.2, 0) is 0 Å². The first-order valence-electron chi connectivity index (χ1n) is 10.4. The molecule has 0 bridgehead atoms. The van der Waals surface area contributed by atoms with Crippen LogP contribution in [0.5, 0.6) is 0 Å². The number of nitrogens with two attached hydrogens (primary N) is 3. The monoisotopic (exact) mass is 386 g/mol. The fraction of sp³-hybridized carbons (Fsp3) is 0.636. The lowest BCUT2D eigenvalue weighted by molar-refractivity contribution is 0.316. The number of amidine groups is 2. The molecule has 0 aromatic heterocycles. The van der Waals surface area contributed by atoms with Crippen LogP contribution in [0.2, 0.25) is 0 Å². The highest BCUT2D eigenvalue weighted by Gasteiger charge is 2.36. The summed E-state index contributed by atoms with van der Waals surface area (Å²) in [5.74, 6) is 2.41. The van der Waals surface area contributed by atoms with Gasteiger partial charge in [-0.15, -0.1) is 0 Å². The third-order valence-electron chi connectivity index (χ3n) is 5.79.